The standard InChI is InChI=1S/C11H19N5/c1-9-4-10(6-12-5-9)15-2-3-16-8-13-14-11(16)7-15/h8-10,12H,2-7H2,1H3. The number of piperidine rings is 1. The summed E-state index contributed by atoms with van der Waals surface area (Å²) in [5.41, 5.74) is 0. The zero-order valence-electron chi connectivity index (χ0n) is 9.76. The van der Waals surface area contributed by atoms with Gasteiger partial charge in [-0.15, -0.1) is 10.2 Å². The van der Waals surface area contributed by atoms with Crippen molar-refractivity contribution in [3.05, 3.63) is 12.2 Å². The molecule has 1 aromatic rings. The minimum atomic E-state index is 0.675. The monoisotopic (exact) mass is 221 g/mol. The number of rotatable bonds is 1. The second-order valence-electron chi connectivity index (χ2n) is 5.06. The lowest BCUT2D eigenvalue weighted by Crippen LogP contribution is -2.50. The van der Waals surface area contributed by atoms with E-state index < -0.39 is 0 Å². The van der Waals surface area contributed by atoms with Crippen LogP contribution in [-0.2, 0) is 13.1 Å². The van der Waals surface area contributed by atoms with Crippen LogP contribution >= 0.6 is 0 Å². The fourth-order valence-electron chi connectivity index (χ4n) is 2.80. The molecule has 16 heavy (non-hydrogen) atoms. The third-order valence-electron chi connectivity index (χ3n) is 3.73. The zero-order chi connectivity index (χ0) is 11.0. The van der Waals surface area contributed by atoms with Crippen LogP contribution in [0.25, 0.3) is 0 Å². The second kappa shape index (κ2) is 4.14. The summed E-state index contributed by atoms with van der Waals surface area (Å²) in [5.74, 6) is 1.91. The number of aromatic nitrogens is 3. The maximum absolute atomic E-state index is 4.17. The molecule has 0 aliphatic carbocycles. The number of nitrogens with zero attached hydrogens (tertiary/aromatic N) is 4. The summed E-state index contributed by atoms with van der Waals surface area (Å²) in [6, 6.07) is 0.675. The molecule has 0 bridgehead atoms. The first-order valence-electron chi connectivity index (χ1n) is 6.14. The molecule has 0 radical (unpaired) electrons. The van der Waals surface area contributed by atoms with E-state index in [1.165, 1.54) is 13.0 Å². The van der Waals surface area contributed by atoms with Gasteiger partial charge >= 0.3 is 0 Å². The van der Waals surface area contributed by atoms with Crippen LogP contribution < -0.4 is 5.32 Å². The van der Waals surface area contributed by atoms with Gasteiger partial charge in [0, 0.05) is 25.7 Å². The molecule has 2 aliphatic heterocycles. The molecule has 1 saturated heterocycles. The number of hydrogen-bond acceptors (Lipinski definition) is 4. The van der Waals surface area contributed by atoms with E-state index in [1.54, 1.807) is 0 Å². The van der Waals surface area contributed by atoms with Crippen LogP contribution in [-0.4, -0.2) is 45.3 Å². The van der Waals surface area contributed by atoms with Crippen LogP contribution in [0.3, 0.4) is 0 Å². The van der Waals surface area contributed by atoms with Crippen LogP contribution in [0.4, 0.5) is 0 Å². The molecular weight excluding hydrogens is 202 g/mol. The van der Waals surface area contributed by atoms with E-state index in [-0.39, 0.29) is 0 Å². The van der Waals surface area contributed by atoms with Crippen LogP contribution in [0, 0.1) is 5.92 Å². The van der Waals surface area contributed by atoms with Crippen molar-refractivity contribution in [1.82, 2.24) is 25.0 Å². The molecule has 0 spiro atoms. The van der Waals surface area contributed by atoms with E-state index in [4.69, 9.17) is 0 Å². The summed E-state index contributed by atoms with van der Waals surface area (Å²) in [4.78, 5) is 2.55. The first-order chi connectivity index (χ1) is 7.83. The zero-order valence-corrected chi connectivity index (χ0v) is 9.76. The highest BCUT2D eigenvalue weighted by atomic mass is 15.3. The maximum Gasteiger partial charge on any atom is 0.147 e. The summed E-state index contributed by atoms with van der Waals surface area (Å²) < 4.78 is 2.16. The third-order valence-corrected chi connectivity index (χ3v) is 3.73. The Morgan fingerprint density at radius 3 is 3.19 bits per heavy atom. The second-order valence-corrected chi connectivity index (χ2v) is 5.06. The molecule has 2 aliphatic rings. The van der Waals surface area contributed by atoms with E-state index in [0.29, 0.717) is 6.04 Å². The molecule has 2 unspecified atom stereocenters. The van der Waals surface area contributed by atoms with E-state index >= 15 is 0 Å². The van der Waals surface area contributed by atoms with Crippen molar-refractivity contribution in [2.24, 2.45) is 5.92 Å². The van der Waals surface area contributed by atoms with Crippen LogP contribution in [0.5, 0.6) is 0 Å². The first-order valence-corrected chi connectivity index (χ1v) is 6.14. The summed E-state index contributed by atoms with van der Waals surface area (Å²) in [5, 5.41) is 11.7. The quantitative estimate of drug-likeness (QED) is 0.730. The fourth-order valence-corrected chi connectivity index (χ4v) is 2.80. The molecule has 5 heteroatoms. The van der Waals surface area contributed by atoms with Gasteiger partial charge in [-0.1, -0.05) is 6.92 Å². The molecule has 2 atom stereocenters. The summed E-state index contributed by atoms with van der Waals surface area (Å²) >= 11 is 0. The largest absolute Gasteiger partial charge is 0.315 e. The van der Waals surface area contributed by atoms with Crippen molar-refractivity contribution in [3.63, 3.8) is 0 Å². The average molecular weight is 221 g/mol. The molecule has 3 heterocycles. The Morgan fingerprint density at radius 2 is 2.31 bits per heavy atom. The molecule has 1 N–H and O–H groups in total. The van der Waals surface area contributed by atoms with Crippen molar-refractivity contribution in [2.75, 3.05) is 19.6 Å². The Balaban J connectivity index is 1.68. The van der Waals surface area contributed by atoms with Gasteiger partial charge in [0.05, 0.1) is 6.54 Å². The molecule has 3 rings (SSSR count). The van der Waals surface area contributed by atoms with E-state index in [9.17, 15) is 0 Å². The number of nitrogens with one attached hydrogen (secondary N) is 1. The van der Waals surface area contributed by atoms with Crippen molar-refractivity contribution in [1.29, 1.82) is 0 Å². The summed E-state index contributed by atoms with van der Waals surface area (Å²) in [7, 11) is 0. The van der Waals surface area contributed by atoms with E-state index in [0.717, 1.165) is 37.9 Å². The first kappa shape index (κ1) is 10.2. The van der Waals surface area contributed by atoms with Gasteiger partial charge < -0.3 is 9.88 Å². The Kier molecular flexibility index (Phi) is 2.65. The Labute approximate surface area is 95.8 Å². The van der Waals surface area contributed by atoms with Gasteiger partial charge in [0.25, 0.3) is 0 Å². The number of fused-ring (bicyclic) bond motifs is 1. The topological polar surface area (TPSA) is 46.0 Å². The van der Waals surface area contributed by atoms with Gasteiger partial charge in [-0.05, 0) is 18.9 Å². The van der Waals surface area contributed by atoms with Gasteiger partial charge in [0.2, 0.25) is 0 Å². The highest BCUT2D eigenvalue weighted by Gasteiger charge is 2.27. The van der Waals surface area contributed by atoms with Crippen molar-refractivity contribution < 1.29 is 0 Å². The summed E-state index contributed by atoms with van der Waals surface area (Å²) in [6.45, 7) is 7.74. The lowest BCUT2D eigenvalue weighted by molar-refractivity contribution is 0.113. The molecule has 0 aromatic carbocycles. The van der Waals surface area contributed by atoms with Gasteiger partial charge in [0.1, 0.15) is 12.2 Å². The fraction of sp³-hybridized carbons (Fsp3) is 0.818. The lowest BCUT2D eigenvalue weighted by atomic mass is 9.96. The van der Waals surface area contributed by atoms with Gasteiger partial charge in [-0.3, -0.25) is 4.90 Å². The van der Waals surface area contributed by atoms with Gasteiger partial charge in [-0.25, -0.2) is 0 Å². The lowest BCUT2D eigenvalue weighted by Gasteiger charge is -2.38. The molecule has 1 fully saturated rings. The third kappa shape index (κ3) is 1.85. The number of hydrogen-bond donors (Lipinski definition) is 1. The van der Waals surface area contributed by atoms with Gasteiger partial charge in [0.15, 0.2) is 0 Å². The molecule has 0 amide bonds. The maximum atomic E-state index is 4.17. The Hall–Kier alpha value is -0.940. The van der Waals surface area contributed by atoms with Crippen molar-refractivity contribution in [3.8, 4) is 0 Å². The van der Waals surface area contributed by atoms with Gasteiger partial charge in [-0.2, -0.15) is 0 Å². The highest BCUT2D eigenvalue weighted by molar-refractivity contribution is 4.93. The molecular formula is C11H19N5. The Bertz CT molecular complexity index is 361. The molecule has 5 nitrogen and oxygen atoms in total. The minimum absolute atomic E-state index is 0.675. The Morgan fingerprint density at radius 1 is 1.38 bits per heavy atom. The summed E-state index contributed by atoms with van der Waals surface area (Å²) in [6.07, 6.45) is 3.15. The van der Waals surface area contributed by atoms with Crippen molar-refractivity contribution >= 4 is 0 Å². The van der Waals surface area contributed by atoms with Crippen molar-refractivity contribution in [2.45, 2.75) is 32.5 Å². The normalized spacial score (nSPS) is 31.3. The molecule has 1 aromatic heterocycles. The SMILES string of the molecule is CC1CNCC(N2CCn3cnnc3C2)C1. The van der Waals surface area contributed by atoms with Crippen LogP contribution in [0.15, 0.2) is 6.33 Å². The minimum Gasteiger partial charge on any atom is -0.315 e. The van der Waals surface area contributed by atoms with Crippen LogP contribution in [0.2, 0.25) is 0 Å². The predicted molar refractivity (Wildman–Crippen MR) is 60.9 cm³/mol. The van der Waals surface area contributed by atoms with E-state index in [2.05, 4.69) is 31.9 Å². The van der Waals surface area contributed by atoms with E-state index in [1.807, 2.05) is 6.33 Å². The molecule has 88 valence electrons. The predicted octanol–water partition coefficient (Wildman–Crippen LogP) is 0.0917. The van der Waals surface area contributed by atoms with Crippen LogP contribution in [0.1, 0.15) is 19.2 Å². The molecule has 0 saturated carbocycles. The highest BCUT2D eigenvalue weighted by Crippen LogP contribution is 2.19. The average Bonchev–Trinajstić information content (AvgIpc) is 2.75. The smallest absolute Gasteiger partial charge is 0.147 e.